The third-order valence-corrected chi connectivity index (χ3v) is 3.47. The Labute approximate surface area is 165 Å². The fourth-order valence-corrected chi connectivity index (χ4v) is 2.21. The summed E-state index contributed by atoms with van der Waals surface area (Å²) in [4.78, 5) is 4.53. The van der Waals surface area contributed by atoms with Crippen molar-refractivity contribution in [1.82, 2.24) is 10.6 Å². The number of ether oxygens (including phenoxy) is 1. The molecule has 0 spiro atoms. The first-order chi connectivity index (χ1) is 11.7. The second-order valence-electron chi connectivity index (χ2n) is 5.42. The highest BCUT2D eigenvalue weighted by molar-refractivity contribution is 14.0. The Hall–Kier alpha value is -1.67. The van der Waals surface area contributed by atoms with Gasteiger partial charge >= 0.3 is 0 Å². The molecular formula is C19H25FIN3O. The molecule has 0 saturated carbocycles. The van der Waals surface area contributed by atoms with Gasteiger partial charge in [0.1, 0.15) is 5.82 Å². The Bertz CT molecular complexity index is 645. The number of hydrogen-bond donors (Lipinski definition) is 2. The maximum absolute atomic E-state index is 12.9. The molecule has 2 aromatic carbocycles. The van der Waals surface area contributed by atoms with E-state index in [2.05, 4.69) is 39.9 Å². The number of guanidine groups is 1. The largest absolute Gasteiger partial charge is 0.380 e. The molecular weight excluding hydrogens is 432 g/mol. The van der Waals surface area contributed by atoms with Gasteiger partial charge in [0, 0.05) is 20.2 Å². The lowest BCUT2D eigenvalue weighted by molar-refractivity contribution is 0.185. The van der Waals surface area contributed by atoms with Gasteiger partial charge in [-0.25, -0.2) is 9.38 Å². The highest BCUT2D eigenvalue weighted by Crippen LogP contribution is 2.06. The number of benzene rings is 2. The quantitative estimate of drug-likeness (QED) is 0.377. The van der Waals surface area contributed by atoms with Crippen molar-refractivity contribution in [3.05, 3.63) is 71.0 Å². The number of aliphatic imine (C=N–C) groups is 1. The number of nitrogens with one attached hydrogen (secondary N) is 2. The van der Waals surface area contributed by atoms with Gasteiger partial charge in [-0.1, -0.05) is 36.4 Å². The first-order valence-electron chi connectivity index (χ1n) is 8.04. The first kappa shape index (κ1) is 21.4. The van der Waals surface area contributed by atoms with E-state index in [0.29, 0.717) is 19.7 Å². The van der Waals surface area contributed by atoms with Crippen molar-refractivity contribution >= 4 is 29.9 Å². The Kier molecular flexibility index (Phi) is 10.1. The molecule has 0 aliphatic rings. The van der Waals surface area contributed by atoms with Crippen LogP contribution < -0.4 is 10.6 Å². The zero-order chi connectivity index (χ0) is 17.2. The van der Waals surface area contributed by atoms with Crippen molar-refractivity contribution in [2.75, 3.05) is 13.7 Å². The van der Waals surface area contributed by atoms with E-state index in [0.717, 1.165) is 23.6 Å². The van der Waals surface area contributed by atoms with E-state index in [1.165, 1.54) is 17.7 Å². The highest BCUT2D eigenvalue weighted by atomic mass is 127. The minimum absolute atomic E-state index is 0. The third-order valence-electron chi connectivity index (χ3n) is 3.47. The minimum atomic E-state index is -0.232. The molecule has 2 N–H and O–H groups in total. The molecule has 0 aromatic heterocycles. The summed E-state index contributed by atoms with van der Waals surface area (Å²) in [6.45, 7) is 4.61. The van der Waals surface area contributed by atoms with Crippen molar-refractivity contribution in [3.63, 3.8) is 0 Å². The highest BCUT2D eigenvalue weighted by Gasteiger charge is 2.00. The zero-order valence-electron chi connectivity index (χ0n) is 14.6. The molecule has 25 heavy (non-hydrogen) atoms. The van der Waals surface area contributed by atoms with Crippen LogP contribution in [0.1, 0.15) is 23.6 Å². The van der Waals surface area contributed by atoms with Gasteiger partial charge in [0.05, 0.1) is 13.2 Å². The van der Waals surface area contributed by atoms with Crippen LogP contribution in [0.4, 0.5) is 4.39 Å². The van der Waals surface area contributed by atoms with Crippen molar-refractivity contribution in [3.8, 4) is 0 Å². The third kappa shape index (κ3) is 7.83. The average Bonchev–Trinajstić information content (AvgIpc) is 2.60. The second kappa shape index (κ2) is 11.8. The smallest absolute Gasteiger partial charge is 0.191 e. The number of methoxy groups -OCH3 is 1. The second-order valence-corrected chi connectivity index (χ2v) is 5.42. The normalized spacial score (nSPS) is 10.9. The van der Waals surface area contributed by atoms with Gasteiger partial charge in [0.2, 0.25) is 0 Å². The van der Waals surface area contributed by atoms with E-state index >= 15 is 0 Å². The molecule has 0 bridgehead atoms. The Balaban J connectivity index is 0.00000312. The van der Waals surface area contributed by atoms with Crippen LogP contribution in [-0.4, -0.2) is 19.6 Å². The summed E-state index contributed by atoms with van der Waals surface area (Å²) in [5.41, 5.74) is 3.29. The van der Waals surface area contributed by atoms with E-state index in [9.17, 15) is 4.39 Å². The Morgan fingerprint density at radius 3 is 2.16 bits per heavy atom. The number of rotatable bonds is 7. The van der Waals surface area contributed by atoms with E-state index < -0.39 is 0 Å². The van der Waals surface area contributed by atoms with Gasteiger partial charge in [-0.3, -0.25) is 0 Å². The molecule has 2 rings (SSSR count). The van der Waals surface area contributed by atoms with Crippen LogP contribution in [0.5, 0.6) is 0 Å². The molecule has 2 aromatic rings. The van der Waals surface area contributed by atoms with E-state index in [1.54, 1.807) is 19.2 Å². The first-order valence-corrected chi connectivity index (χ1v) is 8.04. The number of halogens is 2. The van der Waals surface area contributed by atoms with Gasteiger partial charge in [0.15, 0.2) is 5.96 Å². The van der Waals surface area contributed by atoms with Crippen molar-refractivity contribution < 1.29 is 9.13 Å². The predicted octanol–water partition coefficient (Wildman–Crippen LogP) is 3.85. The average molecular weight is 457 g/mol. The molecule has 0 aliphatic carbocycles. The minimum Gasteiger partial charge on any atom is -0.380 e. The molecule has 0 fully saturated rings. The van der Waals surface area contributed by atoms with E-state index in [4.69, 9.17) is 4.74 Å². The van der Waals surface area contributed by atoms with Crippen LogP contribution >= 0.6 is 24.0 Å². The summed E-state index contributed by atoms with van der Waals surface area (Å²) in [6.07, 6.45) is 0. The van der Waals surface area contributed by atoms with Gasteiger partial charge in [-0.05, 0) is 35.7 Å². The summed E-state index contributed by atoms with van der Waals surface area (Å²) in [7, 11) is 1.69. The zero-order valence-corrected chi connectivity index (χ0v) is 16.9. The molecule has 0 unspecified atom stereocenters. The van der Waals surface area contributed by atoms with Crippen LogP contribution in [0.3, 0.4) is 0 Å². The van der Waals surface area contributed by atoms with Gasteiger partial charge in [-0.2, -0.15) is 0 Å². The molecule has 0 saturated heterocycles. The molecule has 0 atom stereocenters. The molecule has 4 nitrogen and oxygen atoms in total. The molecule has 0 heterocycles. The van der Waals surface area contributed by atoms with Crippen molar-refractivity contribution in [2.24, 2.45) is 4.99 Å². The fourth-order valence-electron chi connectivity index (χ4n) is 2.21. The van der Waals surface area contributed by atoms with Gasteiger partial charge < -0.3 is 15.4 Å². The molecule has 0 aliphatic heterocycles. The van der Waals surface area contributed by atoms with Crippen LogP contribution in [0, 0.1) is 5.82 Å². The SMILES string of the molecule is CCNC(=NCc1ccc(F)cc1)NCc1ccc(COC)cc1.I. The lowest BCUT2D eigenvalue weighted by Gasteiger charge is -2.12. The monoisotopic (exact) mass is 457 g/mol. The van der Waals surface area contributed by atoms with E-state index in [-0.39, 0.29) is 29.8 Å². The summed E-state index contributed by atoms with van der Waals surface area (Å²) < 4.78 is 18.0. The summed E-state index contributed by atoms with van der Waals surface area (Å²) in [6, 6.07) is 14.7. The Morgan fingerprint density at radius 2 is 1.56 bits per heavy atom. The van der Waals surface area contributed by atoms with Gasteiger partial charge in [-0.15, -0.1) is 24.0 Å². The molecule has 6 heteroatoms. The molecule has 0 amide bonds. The van der Waals surface area contributed by atoms with Crippen LogP contribution in [0.15, 0.2) is 53.5 Å². The number of nitrogens with zero attached hydrogens (tertiary/aromatic N) is 1. The maximum Gasteiger partial charge on any atom is 0.191 e. The standard InChI is InChI=1S/C19H24FN3O.HI/c1-3-21-19(23-13-16-8-10-18(20)11-9-16)22-12-15-4-6-17(7-5-15)14-24-2;/h4-11H,3,12-14H2,1-2H3,(H2,21,22,23);1H. The van der Waals surface area contributed by atoms with Crippen LogP contribution in [-0.2, 0) is 24.4 Å². The van der Waals surface area contributed by atoms with E-state index in [1.807, 2.05) is 6.92 Å². The maximum atomic E-state index is 12.9. The van der Waals surface area contributed by atoms with Crippen molar-refractivity contribution in [2.45, 2.75) is 26.6 Å². The lowest BCUT2D eigenvalue weighted by Crippen LogP contribution is -2.36. The molecule has 0 radical (unpaired) electrons. The summed E-state index contributed by atoms with van der Waals surface area (Å²) in [5, 5.41) is 6.51. The fraction of sp³-hybridized carbons (Fsp3) is 0.316. The lowest BCUT2D eigenvalue weighted by atomic mass is 10.1. The topological polar surface area (TPSA) is 45.7 Å². The molecule has 136 valence electrons. The summed E-state index contributed by atoms with van der Waals surface area (Å²) in [5.74, 6) is 0.507. The number of hydrogen-bond acceptors (Lipinski definition) is 2. The Morgan fingerprint density at radius 1 is 0.960 bits per heavy atom. The van der Waals surface area contributed by atoms with Crippen LogP contribution in [0.2, 0.25) is 0 Å². The van der Waals surface area contributed by atoms with Crippen molar-refractivity contribution in [1.29, 1.82) is 0 Å². The van der Waals surface area contributed by atoms with Gasteiger partial charge in [0.25, 0.3) is 0 Å². The summed E-state index contributed by atoms with van der Waals surface area (Å²) >= 11 is 0. The van der Waals surface area contributed by atoms with Crippen LogP contribution in [0.25, 0.3) is 0 Å². The predicted molar refractivity (Wildman–Crippen MR) is 111 cm³/mol.